The third kappa shape index (κ3) is 0.979. The summed E-state index contributed by atoms with van der Waals surface area (Å²) < 4.78 is 0. The summed E-state index contributed by atoms with van der Waals surface area (Å²) in [6.07, 6.45) is 11.7. The molecule has 1 aliphatic carbocycles. The van der Waals surface area contributed by atoms with Gasteiger partial charge in [-0.3, -0.25) is 0 Å². The summed E-state index contributed by atoms with van der Waals surface area (Å²) >= 11 is 0. The highest BCUT2D eigenvalue weighted by Crippen LogP contribution is 2.41. The monoisotopic (exact) mass is 151 g/mol. The predicted octanol–water partition coefficient (Wildman–Crippen LogP) is 2.54. The van der Waals surface area contributed by atoms with Gasteiger partial charge in [0, 0.05) is 12.1 Å². The van der Waals surface area contributed by atoms with Crippen LogP contribution >= 0.6 is 0 Å². The molecule has 1 spiro atoms. The number of nitrogens with zero attached hydrogens (tertiary/aromatic N) is 1. The molecular formula is C10H17N. The predicted molar refractivity (Wildman–Crippen MR) is 47.3 cm³/mol. The van der Waals surface area contributed by atoms with Crippen molar-refractivity contribution in [2.75, 3.05) is 6.54 Å². The van der Waals surface area contributed by atoms with Crippen LogP contribution in [0, 0.1) is 0 Å². The topological polar surface area (TPSA) is 3.24 Å². The van der Waals surface area contributed by atoms with Crippen molar-refractivity contribution in [1.82, 2.24) is 4.90 Å². The SMILES string of the molecule is CCN1C=CCC12CCCC2. The van der Waals surface area contributed by atoms with Crippen molar-refractivity contribution in [1.29, 1.82) is 0 Å². The number of rotatable bonds is 1. The lowest BCUT2D eigenvalue weighted by Gasteiger charge is -2.35. The molecule has 0 atom stereocenters. The highest BCUT2D eigenvalue weighted by Gasteiger charge is 2.38. The number of hydrogen-bond donors (Lipinski definition) is 0. The molecule has 1 nitrogen and oxygen atoms in total. The van der Waals surface area contributed by atoms with Crippen molar-refractivity contribution >= 4 is 0 Å². The third-order valence-electron chi connectivity index (χ3n) is 3.27. The molecule has 0 aromatic rings. The van der Waals surface area contributed by atoms with Crippen molar-refractivity contribution in [2.45, 2.75) is 44.6 Å². The molecule has 1 fully saturated rings. The van der Waals surface area contributed by atoms with E-state index >= 15 is 0 Å². The van der Waals surface area contributed by atoms with E-state index in [-0.39, 0.29) is 0 Å². The molecule has 0 bridgehead atoms. The Kier molecular flexibility index (Phi) is 1.67. The van der Waals surface area contributed by atoms with E-state index in [0.717, 1.165) is 0 Å². The molecule has 0 aromatic carbocycles. The fourth-order valence-corrected chi connectivity index (χ4v) is 2.64. The normalized spacial score (nSPS) is 27.2. The zero-order valence-electron chi connectivity index (χ0n) is 7.34. The Balaban J connectivity index is 2.12. The Hall–Kier alpha value is -0.460. The maximum absolute atomic E-state index is 2.54. The van der Waals surface area contributed by atoms with E-state index in [0.29, 0.717) is 5.54 Å². The summed E-state index contributed by atoms with van der Waals surface area (Å²) in [6, 6.07) is 0. The summed E-state index contributed by atoms with van der Waals surface area (Å²) in [6.45, 7) is 3.45. The van der Waals surface area contributed by atoms with Gasteiger partial charge in [-0.15, -0.1) is 0 Å². The molecule has 0 unspecified atom stereocenters. The second-order valence-electron chi connectivity index (χ2n) is 3.81. The van der Waals surface area contributed by atoms with Crippen LogP contribution in [0.2, 0.25) is 0 Å². The Morgan fingerprint density at radius 2 is 2.09 bits per heavy atom. The molecule has 62 valence electrons. The van der Waals surface area contributed by atoms with Gasteiger partial charge in [0.05, 0.1) is 0 Å². The molecule has 0 saturated heterocycles. The van der Waals surface area contributed by atoms with Gasteiger partial charge in [0.25, 0.3) is 0 Å². The third-order valence-corrected chi connectivity index (χ3v) is 3.27. The zero-order valence-corrected chi connectivity index (χ0v) is 7.34. The fourth-order valence-electron chi connectivity index (χ4n) is 2.64. The maximum atomic E-state index is 2.54. The van der Waals surface area contributed by atoms with Crippen molar-refractivity contribution < 1.29 is 0 Å². The molecule has 0 amide bonds. The Bertz CT molecular complexity index is 166. The fraction of sp³-hybridized carbons (Fsp3) is 0.800. The average molecular weight is 151 g/mol. The van der Waals surface area contributed by atoms with Crippen LogP contribution in [-0.2, 0) is 0 Å². The first-order valence-electron chi connectivity index (χ1n) is 4.81. The quantitative estimate of drug-likeness (QED) is 0.556. The molecule has 1 heterocycles. The molecule has 2 aliphatic rings. The smallest absolute Gasteiger partial charge is 0.0431 e. The van der Waals surface area contributed by atoms with Gasteiger partial charge >= 0.3 is 0 Å². The van der Waals surface area contributed by atoms with E-state index in [4.69, 9.17) is 0 Å². The Morgan fingerprint density at radius 1 is 1.36 bits per heavy atom. The van der Waals surface area contributed by atoms with Gasteiger partial charge in [-0.2, -0.15) is 0 Å². The van der Waals surface area contributed by atoms with Gasteiger partial charge in [-0.25, -0.2) is 0 Å². The Morgan fingerprint density at radius 3 is 2.73 bits per heavy atom. The standard InChI is InChI=1S/C10H17N/c1-2-11-9-5-8-10(11)6-3-4-7-10/h5,9H,2-4,6-8H2,1H3. The van der Waals surface area contributed by atoms with Crippen molar-refractivity contribution in [3.63, 3.8) is 0 Å². The molecule has 1 saturated carbocycles. The lowest BCUT2D eigenvalue weighted by molar-refractivity contribution is 0.180. The summed E-state index contributed by atoms with van der Waals surface area (Å²) in [4.78, 5) is 2.54. The maximum Gasteiger partial charge on any atom is 0.0431 e. The van der Waals surface area contributed by atoms with Gasteiger partial charge < -0.3 is 4.90 Å². The van der Waals surface area contributed by atoms with Crippen LogP contribution in [0.5, 0.6) is 0 Å². The largest absolute Gasteiger partial charge is 0.372 e. The van der Waals surface area contributed by atoms with Crippen LogP contribution in [0.4, 0.5) is 0 Å². The van der Waals surface area contributed by atoms with Crippen molar-refractivity contribution in [3.05, 3.63) is 12.3 Å². The van der Waals surface area contributed by atoms with Gasteiger partial charge in [0.15, 0.2) is 0 Å². The van der Waals surface area contributed by atoms with Crippen LogP contribution < -0.4 is 0 Å². The van der Waals surface area contributed by atoms with Crippen LogP contribution in [0.15, 0.2) is 12.3 Å². The zero-order chi connectivity index (χ0) is 7.73. The van der Waals surface area contributed by atoms with E-state index in [1.165, 1.54) is 38.6 Å². The van der Waals surface area contributed by atoms with E-state index < -0.39 is 0 Å². The van der Waals surface area contributed by atoms with Gasteiger partial charge in [0.2, 0.25) is 0 Å². The molecule has 0 aromatic heterocycles. The van der Waals surface area contributed by atoms with Gasteiger partial charge in [0.1, 0.15) is 0 Å². The molecule has 1 heteroatoms. The summed E-state index contributed by atoms with van der Waals surface area (Å²) in [7, 11) is 0. The minimum atomic E-state index is 0.578. The lowest BCUT2D eigenvalue weighted by atomic mass is 9.94. The first-order chi connectivity index (χ1) is 5.37. The molecule has 0 radical (unpaired) electrons. The molecule has 2 rings (SSSR count). The van der Waals surface area contributed by atoms with Crippen LogP contribution in [-0.4, -0.2) is 17.0 Å². The van der Waals surface area contributed by atoms with Gasteiger partial charge in [-0.1, -0.05) is 18.9 Å². The number of hydrogen-bond acceptors (Lipinski definition) is 1. The molecule has 1 aliphatic heterocycles. The molecular weight excluding hydrogens is 134 g/mol. The van der Waals surface area contributed by atoms with Gasteiger partial charge in [-0.05, 0) is 32.4 Å². The van der Waals surface area contributed by atoms with E-state index in [1.54, 1.807) is 0 Å². The summed E-state index contributed by atoms with van der Waals surface area (Å²) in [5.41, 5.74) is 0.578. The second-order valence-corrected chi connectivity index (χ2v) is 3.81. The Labute approximate surface area is 69.1 Å². The highest BCUT2D eigenvalue weighted by atomic mass is 15.2. The first-order valence-corrected chi connectivity index (χ1v) is 4.81. The van der Waals surface area contributed by atoms with Crippen molar-refractivity contribution in [3.8, 4) is 0 Å². The van der Waals surface area contributed by atoms with E-state index in [2.05, 4.69) is 24.1 Å². The highest BCUT2D eigenvalue weighted by molar-refractivity contribution is 5.09. The lowest BCUT2D eigenvalue weighted by Crippen LogP contribution is -2.39. The van der Waals surface area contributed by atoms with E-state index in [1.807, 2.05) is 0 Å². The van der Waals surface area contributed by atoms with E-state index in [9.17, 15) is 0 Å². The first kappa shape index (κ1) is 7.20. The van der Waals surface area contributed by atoms with Crippen LogP contribution in [0.1, 0.15) is 39.0 Å². The molecule has 0 N–H and O–H groups in total. The summed E-state index contributed by atoms with van der Waals surface area (Å²) in [5, 5.41) is 0. The van der Waals surface area contributed by atoms with Crippen LogP contribution in [0.25, 0.3) is 0 Å². The van der Waals surface area contributed by atoms with Crippen LogP contribution in [0.3, 0.4) is 0 Å². The molecule has 11 heavy (non-hydrogen) atoms. The summed E-state index contributed by atoms with van der Waals surface area (Å²) in [5.74, 6) is 0. The average Bonchev–Trinajstić information content (AvgIpc) is 2.62. The van der Waals surface area contributed by atoms with Crippen molar-refractivity contribution in [2.24, 2.45) is 0 Å². The second kappa shape index (κ2) is 2.54. The minimum Gasteiger partial charge on any atom is -0.372 e. The minimum absolute atomic E-state index is 0.578.